The fourth-order valence-electron chi connectivity index (χ4n) is 3.83. The Hall–Kier alpha value is -4.25. The Morgan fingerprint density at radius 1 is 1.18 bits per heavy atom. The first-order valence-electron chi connectivity index (χ1n) is 11.9. The van der Waals surface area contributed by atoms with Crippen molar-refractivity contribution < 1.29 is 44.2 Å². The van der Waals surface area contributed by atoms with E-state index >= 15 is 0 Å². The first-order valence-corrected chi connectivity index (χ1v) is 11.9. The largest absolute Gasteiger partial charge is 0.515 e. The van der Waals surface area contributed by atoms with E-state index in [1.54, 1.807) is 20.8 Å². The number of hydrogen-bond acceptors (Lipinski definition) is 14. The maximum absolute atomic E-state index is 12.3. The summed E-state index contributed by atoms with van der Waals surface area (Å²) in [7, 11) is 0. The summed E-state index contributed by atoms with van der Waals surface area (Å²) in [6.07, 6.45) is -0.845. The molecule has 1 aliphatic rings. The quantitative estimate of drug-likeness (QED) is 0.119. The highest BCUT2D eigenvalue weighted by atomic mass is 16.6. The molecule has 208 valence electrons. The first kappa shape index (κ1) is 27.8. The van der Waals surface area contributed by atoms with Gasteiger partial charge in [0.05, 0.1) is 38.1 Å². The van der Waals surface area contributed by atoms with E-state index in [4.69, 9.17) is 14.2 Å². The SMILES string of the molecule is CCOC(=O)C(/C=N/c1nc(-n2cc(C(=O)OCC)c(C)n2)nc2c1ncn2C1O[C@H](CO)[C@@H](O)[C@H]1O)=C/O. The lowest BCUT2D eigenvalue weighted by molar-refractivity contribution is -0.137. The van der Waals surface area contributed by atoms with Crippen LogP contribution in [0.25, 0.3) is 17.1 Å². The van der Waals surface area contributed by atoms with Crippen molar-refractivity contribution in [2.24, 2.45) is 4.99 Å². The van der Waals surface area contributed by atoms with Gasteiger partial charge in [-0.15, -0.1) is 0 Å². The van der Waals surface area contributed by atoms with Crippen molar-refractivity contribution in [1.29, 1.82) is 0 Å². The third-order valence-corrected chi connectivity index (χ3v) is 5.76. The molecule has 1 saturated heterocycles. The van der Waals surface area contributed by atoms with Crippen molar-refractivity contribution in [2.75, 3.05) is 19.8 Å². The first-order chi connectivity index (χ1) is 18.7. The molecule has 16 nitrogen and oxygen atoms in total. The smallest absolute Gasteiger partial charge is 0.342 e. The van der Waals surface area contributed by atoms with Gasteiger partial charge in [-0.05, 0) is 20.8 Å². The number of aliphatic hydroxyl groups is 4. The Labute approximate surface area is 220 Å². The Morgan fingerprint density at radius 3 is 2.56 bits per heavy atom. The average molecular weight is 546 g/mol. The van der Waals surface area contributed by atoms with E-state index < -0.39 is 43.1 Å². The molecule has 4 N–H and O–H groups in total. The molecule has 0 spiro atoms. The van der Waals surface area contributed by atoms with Gasteiger partial charge in [0.15, 0.2) is 23.2 Å². The molecule has 4 heterocycles. The topological polar surface area (TPSA) is 217 Å². The van der Waals surface area contributed by atoms with Crippen molar-refractivity contribution in [3.05, 3.63) is 35.6 Å². The molecule has 1 aliphatic heterocycles. The zero-order valence-electron chi connectivity index (χ0n) is 21.2. The van der Waals surface area contributed by atoms with E-state index in [0.29, 0.717) is 12.0 Å². The number of carbonyl (C=O) groups is 2. The van der Waals surface area contributed by atoms with Gasteiger partial charge in [0.1, 0.15) is 29.4 Å². The predicted molar refractivity (Wildman–Crippen MR) is 132 cm³/mol. The molecule has 1 fully saturated rings. The summed E-state index contributed by atoms with van der Waals surface area (Å²) >= 11 is 0. The molecule has 4 atom stereocenters. The molecule has 4 rings (SSSR count). The van der Waals surface area contributed by atoms with Gasteiger partial charge >= 0.3 is 11.9 Å². The van der Waals surface area contributed by atoms with Crippen LogP contribution >= 0.6 is 0 Å². The van der Waals surface area contributed by atoms with Crippen LogP contribution in [0.4, 0.5) is 5.82 Å². The molecule has 0 aromatic carbocycles. The molecule has 0 bridgehead atoms. The van der Waals surface area contributed by atoms with Crippen LogP contribution in [0.15, 0.2) is 29.4 Å². The highest BCUT2D eigenvalue weighted by Crippen LogP contribution is 2.33. The second-order valence-corrected chi connectivity index (χ2v) is 8.26. The lowest BCUT2D eigenvalue weighted by atomic mass is 10.1. The number of aryl methyl sites for hydroxylation is 1. The van der Waals surface area contributed by atoms with Gasteiger partial charge in [0.2, 0.25) is 0 Å². The number of esters is 2. The second kappa shape index (κ2) is 11.6. The van der Waals surface area contributed by atoms with Crippen LogP contribution in [-0.2, 0) is 19.0 Å². The molecular weight excluding hydrogens is 518 g/mol. The van der Waals surface area contributed by atoms with Crippen LogP contribution < -0.4 is 0 Å². The van der Waals surface area contributed by atoms with Gasteiger partial charge in [0.25, 0.3) is 5.95 Å². The van der Waals surface area contributed by atoms with Crippen LogP contribution in [0.1, 0.15) is 36.1 Å². The second-order valence-electron chi connectivity index (χ2n) is 8.26. The molecule has 3 aromatic rings. The van der Waals surface area contributed by atoms with Gasteiger partial charge in [-0.2, -0.15) is 15.1 Å². The van der Waals surface area contributed by atoms with E-state index in [2.05, 4.69) is 25.0 Å². The van der Waals surface area contributed by atoms with Crippen LogP contribution in [0.5, 0.6) is 0 Å². The number of rotatable bonds is 9. The fourth-order valence-corrected chi connectivity index (χ4v) is 3.83. The number of aliphatic hydroxyl groups excluding tert-OH is 4. The normalized spacial score (nSPS) is 21.6. The summed E-state index contributed by atoms with van der Waals surface area (Å²) in [6, 6.07) is 0. The molecule has 16 heteroatoms. The van der Waals surface area contributed by atoms with Gasteiger partial charge < -0.3 is 34.6 Å². The van der Waals surface area contributed by atoms with E-state index in [0.717, 1.165) is 6.21 Å². The molecule has 0 radical (unpaired) electrons. The van der Waals surface area contributed by atoms with Crippen LogP contribution in [0.2, 0.25) is 0 Å². The van der Waals surface area contributed by atoms with Crippen molar-refractivity contribution in [3.63, 3.8) is 0 Å². The van der Waals surface area contributed by atoms with Crippen molar-refractivity contribution in [2.45, 2.75) is 45.3 Å². The van der Waals surface area contributed by atoms with Crippen LogP contribution in [0.3, 0.4) is 0 Å². The van der Waals surface area contributed by atoms with Crippen LogP contribution in [0, 0.1) is 6.92 Å². The third kappa shape index (κ3) is 5.35. The Morgan fingerprint density at radius 2 is 1.92 bits per heavy atom. The van der Waals surface area contributed by atoms with Gasteiger partial charge in [-0.3, -0.25) is 4.57 Å². The predicted octanol–water partition coefficient (Wildman–Crippen LogP) is -0.184. The highest BCUT2D eigenvalue weighted by molar-refractivity contribution is 6.10. The monoisotopic (exact) mass is 545 g/mol. The third-order valence-electron chi connectivity index (χ3n) is 5.76. The zero-order valence-corrected chi connectivity index (χ0v) is 21.2. The maximum atomic E-state index is 12.3. The lowest BCUT2D eigenvalue weighted by Crippen LogP contribution is -2.33. The number of imidazole rings is 1. The van der Waals surface area contributed by atoms with Gasteiger partial charge in [-0.25, -0.2) is 24.2 Å². The zero-order chi connectivity index (χ0) is 28.3. The van der Waals surface area contributed by atoms with E-state index in [1.807, 2.05) is 0 Å². The van der Waals surface area contributed by atoms with E-state index in [9.17, 15) is 30.0 Å². The average Bonchev–Trinajstić information content (AvgIpc) is 3.60. The van der Waals surface area contributed by atoms with Gasteiger partial charge in [-0.1, -0.05) is 0 Å². The van der Waals surface area contributed by atoms with E-state index in [1.165, 1.54) is 21.8 Å². The van der Waals surface area contributed by atoms with Crippen LogP contribution in [-0.4, -0.2) is 106 Å². The number of ether oxygens (including phenoxy) is 3. The van der Waals surface area contributed by atoms with Crippen molar-refractivity contribution >= 4 is 35.1 Å². The summed E-state index contributed by atoms with van der Waals surface area (Å²) in [5, 5.41) is 44.0. The number of hydrogen-bond donors (Lipinski definition) is 4. The lowest BCUT2D eigenvalue weighted by Gasteiger charge is -2.16. The molecule has 0 aliphatic carbocycles. The highest BCUT2D eigenvalue weighted by Gasteiger charge is 2.44. The number of nitrogens with zero attached hydrogens (tertiary/aromatic N) is 7. The Kier molecular flexibility index (Phi) is 8.29. The molecule has 0 amide bonds. The maximum Gasteiger partial charge on any atom is 0.342 e. The minimum absolute atomic E-state index is 0.0716. The number of aromatic nitrogens is 6. The molecular formula is C23H27N7O9. The van der Waals surface area contributed by atoms with Crippen molar-refractivity contribution in [1.82, 2.24) is 29.3 Å². The minimum atomic E-state index is -1.43. The van der Waals surface area contributed by atoms with Crippen molar-refractivity contribution in [3.8, 4) is 5.95 Å². The summed E-state index contributed by atoms with van der Waals surface area (Å²) in [5.74, 6) is -1.57. The molecule has 0 saturated carbocycles. The Bertz CT molecular complexity index is 1430. The number of carbonyl (C=O) groups excluding carboxylic acids is 2. The molecule has 1 unspecified atom stereocenters. The summed E-state index contributed by atoms with van der Waals surface area (Å²) in [4.78, 5) is 41.6. The minimum Gasteiger partial charge on any atom is -0.515 e. The standard InChI is InChI=1S/C23H27N7O9/c1-4-37-21(35)12(8-31)6-24-18-15-19(29(10-25-15)20-17(34)16(33)14(9-32)39-20)27-23(26-18)30-7-13(11(3)28-30)22(36)38-5-2/h6-8,10,14,16-17,20,31-34H,4-5,9H2,1-3H3/b12-8+,24-6+/t14-,16-,17-,20?/m1/s1. The van der Waals surface area contributed by atoms with Gasteiger partial charge in [0, 0.05) is 12.4 Å². The summed E-state index contributed by atoms with van der Waals surface area (Å²) < 4.78 is 18.1. The summed E-state index contributed by atoms with van der Waals surface area (Å²) in [5.41, 5.74) is 0.428. The van der Waals surface area contributed by atoms with E-state index in [-0.39, 0.29) is 47.3 Å². The molecule has 39 heavy (non-hydrogen) atoms. The number of aliphatic imine (C=N–C) groups is 1. The Balaban J connectivity index is 1.85. The number of fused-ring (bicyclic) bond motifs is 1. The summed E-state index contributed by atoms with van der Waals surface area (Å²) in [6.45, 7) is 4.57. The molecule has 3 aromatic heterocycles. The fraction of sp³-hybridized carbons (Fsp3) is 0.435.